The van der Waals surface area contributed by atoms with Crippen molar-refractivity contribution in [1.82, 2.24) is 9.97 Å². The summed E-state index contributed by atoms with van der Waals surface area (Å²) >= 11 is 5.21. The highest BCUT2D eigenvalue weighted by Crippen LogP contribution is 2.37. The molecule has 0 amide bonds. The molecule has 0 bridgehead atoms. The number of ether oxygens (including phenoxy) is 1. The molecular formula is C7H4ClF6N3O. The smallest absolute Gasteiger partial charge is 0.434 e. The van der Waals surface area contributed by atoms with Gasteiger partial charge >= 0.3 is 12.4 Å². The van der Waals surface area contributed by atoms with E-state index in [-0.39, 0.29) is 0 Å². The van der Waals surface area contributed by atoms with E-state index in [1.165, 1.54) is 0 Å². The van der Waals surface area contributed by atoms with E-state index in [1.54, 1.807) is 0 Å². The van der Waals surface area contributed by atoms with Crippen molar-refractivity contribution in [3.8, 4) is 5.88 Å². The molecule has 1 aromatic rings. The van der Waals surface area contributed by atoms with E-state index in [0.29, 0.717) is 0 Å². The SMILES string of the molecule is Nc1cnc(Cl)nc1OC(C(F)(F)F)C(F)(F)F. The van der Waals surface area contributed by atoms with Crippen LogP contribution < -0.4 is 10.5 Å². The maximum Gasteiger partial charge on any atom is 0.434 e. The molecule has 1 aromatic heterocycles. The quantitative estimate of drug-likeness (QED) is 0.673. The zero-order valence-corrected chi connectivity index (χ0v) is 8.94. The second-order valence-electron chi connectivity index (χ2n) is 2.98. The molecule has 0 aliphatic heterocycles. The van der Waals surface area contributed by atoms with Crippen molar-refractivity contribution >= 4 is 17.3 Å². The van der Waals surface area contributed by atoms with Gasteiger partial charge in [0.15, 0.2) is 0 Å². The van der Waals surface area contributed by atoms with Crippen LogP contribution in [0.3, 0.4) is 0 Å². The molecule has 1 rings (SSSR count). The van der Waals surface area contributed by atoms with E-state index < -0.39 is 35.3 Å². The lowest BCUT2D eigenvalue weighted by Gasteiger charge is -2.23. The van der Waals surface area contributed by atoms with Crippen molar-refractivity contribution in [2.75, 3.05) is 5.73 Å². The number of hydrogen-bond acceptors (Lipinski definition) is 4. The molecule has 2 N–H and O–H groups in total. The van der Waals surface area contributed by atoms with Gasteiger partial charge in [-0.15, -0.1) is 0 Å². The molecule has 18 heavy (non-hydrogen) atoms. The fourth-order valence-electron chi connectivity index (χ4n) is 0.880. The number of nitrogen functional groups attached to an aromatic ring is 1. The lowest BCUT2D eigenvalue weighted by Crippen LogP contribution is -2.46. The van der Waals surface area contributed by atoms with Crippen molar-refractivity contribution in [2.24, 2.45) is 0 Å². The van der Waals surface area contributed by atoms with Crippen LogP contribution in [0.15, 0.2) is 6.20 Å². The Morgan fingerprint density at radius 3 is 2.11 bits per heavy atom. The standard InChI is InChI=1S/C7H4ClF6N3O/c8-5-16-1-2(15)3(17-5)18-4(6(9,10)11)7(12,13)14/h1,4H,15H2. The first kappa shape index (κ1) is 14.6. The van der Waals surface area contributed by atoms with Gasteiger partial charge in [-0.2, -0.15) is 31.3 Å². The second kappa shape index (κ2) is 4.67. The Morgan fingerprint density at radius 1 is 1.17 bits per heavy atom. The minimum Gasteiger partial charge on any atom is -0.453 e. The van der Waals surface area contributed by atoms with Crippen molar-refractivity contribution < 1.29 is 31.1 Å². The van der Waals surface area contributed by atoms with E-state index in [0.717, 1.165) is 6.20 Å². The van der Waals surface area contributed by atoms with E-state index in [2.05, 4.69) is 14.7 Å². The first-order valence-corrected chi connectivity index (χ1v) is 4.47. The third-order valence-electron chi connectivity index (χ3n) is 1.57. The van der Waals surface area contributed by atoms with Gasteiger partial charge in [-0.25, -0.2) is 4.98 Å². The zero-order valence-electron chi connectivity index (χ0n) is 8.18. The topological polar surface area (TPSA) is 61.0 Å². The number of rotatable bonds is 2. The molecule has 0 aromatic carbocycles. The second-order valence-corrected chi connectivity index (χ2v) is 3.32. The van der Waals surface area contributed by atoms with Crippen molar-refractivity contribution in [3.63, 3.8) is 0 Å². The lowest BCUT2D eigenvalue weighted by molar-refractivity contribution is -0.300. The molecule has 0 aliphatic rings. The van der Waals surface area contributed by atoms with Gasteiger partial charge in [0.25, 0.3) is 6.10 Å². The first-order chi connectivity index (χ1) is 8.01. The summed E-state index contributed by atoms with van der Waals surface area (Å²) in [5.74, 6) is -1.09. The third-order valence-corrected chi connectivity index (χ3v) is 1.76. The van der Waals surface area contributed by atoms with Crippen molar-refractivity contribution in [3.05, 3.63) is 11.5 Å². The van der Waals surface area contributed by atoms with Gasteiger partial charge in [0.2, 0.25) is 11.2 Å². The molecule has 4 nitrogen and oxygen atoms in total. The molecule has 0 saturated carbocycles. The van der Waals surface area contributed by atoms with Crippen LogP contribution in [0.25, 0.3) is 0 Å². The number of nitrogens with zero attached hydrogens (tertiary/aromatic N) is 2. The Bertz CT molecular complexity index is 420. The predicted molar refractivity (Wildman–Crippen MR) is 48.0 cm³/mol. The van der Waals surface area contributed by atoms with E-state index in [4.69, 9.17) is 17.3 Å². The number of anilines is 1. The fourth-order valence-corrected chi connectivity index (χ4v) is 1.01. The van der Waals surface area contributed by atoms with Crippen LogP contribution in [-0.4, -0.2) is 28.4 Å². The molecule has 0 spiro atoms. The van der Waals surface area contributed by atoms with Crippen LogP contribution >= 0.6 is 11.6 Å². The van der Waals surface area contributed by atoms with E-state index in [9.17, 15) is 26.3 Å². The van der Waals surface area contributed by atoms with Gasteiger partial charge < -0.3 is 10.5 Å². The molecule has 0 unspecified atom stereocenters. The summed E-state index contributed by atoms with van der Waals surface area (Å²) in [7, 11) is 0. The van der Waals surface area contributed by atoms with Crippen molar-refractivity contribution in [2.45, 2.75) is 18.5 Å². The monoisotopic (exact) mass is 295 g/mol. The Kier molecular flexibility index (Phi) is 3.79. The van der Waals surface area contributed by atoms with Crippen LogP contribution in [0.5, 0.6) is 5.88 Å². The molecule has 102 valence electrons. The minimum atomic E-state index is -5.66. The summed E-state index contributed by atoms with van der Waals surface area (Å²) in [6, 6.07) is 0. The molecular weight excluding hydrogens is 292 g/mol. The van der Waals surface area contributed by atoms with Gasteiger partial charge in [-0.3, -0.25) is 0 Å². The van der Waals surface area contributed by atoms with Crippen LogP contribution in [0, 0.1) is 0 Å². The van der Waals surface area contributed by atoms with Gasteiger partial charge in [0.1, 0.15) is 5.69 Å². The fraction of sp³-hybridized carbons (Fsp3) is 0.429. The molecule has 0 radical (unpaired) electrons. The average molecular weight is 296 g/mol. The maximum absolute atomic E-state index is 12.2. The molecule has 1 heterocycles. The summed E-state index contributed by atoms with van der Waals surface area (Å²) in [5.41, 5.74) is 4.48. The number of halogens is 7. The largest absolute Gasteiger partial charge is 0.453 e. The van der Waals surface area contributed by atoms with Crippen molar-refractivity contribution in [1.29, 1.82) is 0 Å². The highest BCUT2D eigenvalue weighted by atomic mass is 35.5. The number of aromatic nitrogens is 2. The Labute approximate surface area is 101 Å². The Morgan fingerprint density at radius 2 is 1.67 bits per heavy atom. The van der Waals surface area contributed by atoms with Gasteiger partial charge in [0.05, 0.1) is 6.20 Å². The highest BCUT2D eigenvalue weighted by Gasteiger charge is 2.59. The highest BCUT2D eigenvalue weighted by molar-refractivity contribution is 6.28. The average Bonchev–Trinajstić information content (AvgIpc) is 2.15. The maximum atomic E-state index is 12.2. The first-order valence-electron chi connectivity index (χ1n) is 4.10. The molecule has 0 atom stereocenters. The zero-order chi connectivity index (χ0) is 14.1. The Balaban J connectivity index is 3.08. The summed E-state index contributed by atoms with van der Waals surface area (Å²) < 4.78 is 76.8. The van der Waals surface area contributed by atoms with Gasteiger partial charge in [-0.05, 0) is 11.6 Å². The Hall–Kier alpha value is -1.45. The number of hydrogen-bond donors (Lipinski definition) is 1. The molecule has 0 saturated heterocycles. The summed E-state index contributed by atoms with van der Waals surface area (Å²) in [6.07, 6.45) is -14.6. The normalized spacial score (nSPS) is 12.9. The van der Waals surface area contributed by atoms with E-state index in [1.807, 2.05) is 0 Å². The van der Waals surface area contributed by atoms with E-state index >= 15 is 0 Å². The summed E-state index contributed by atoms with van der Waals surface area (Å²) in [4.78, 5) is 6.30. The lowest BCUT2D eigenvalue weighted by atomic mass is 10.3. The van der Waals surface area contributed by atoms with Crippen LogP contribution in [0.2, 0.25) is 5.28 Å². The van der Waals surface area contributed by atoms with Gasteiger partial charge in [-0.1, -0.05) is 0 Å². The van der Waals surface area contributed by atoms with Crippen LogP contribution in [-0.2, 0) is 0 Å². The van der Waals surface area contributed by atoms with Crippen LogP contribution in [0.4, 0.5) is 32.0 Å². The molecule has 11 heteroatoms. The minimum absolute atomic E-state index is 0.595. The molecule has 0 aliphatic carbocycles. The third kappa shape index (κ3) is 3.52. The molecule has 0 fully saturated rings. The number of nitrogens with two attached hydrogens (primary N) is 1. The summed E-state index contributed by atoms with van der Waals surface area (Å²) in [5, 5.41) is -0.595. The number of alkyl halides is 6. The predicted octanol–water partition coefficient (Wildman–Crippen LogP) is 2.58. The summed E-state index contributed by atoms with van der Waals surface area (Å²) in [6.45, 7) is 0. The van der Waals surface area contributed by atoms with Gasteiger partial charge in [0, 0.05) is 0 Å². The van der Waals surface area contributed by atoms with Crippen LogP contribution in [0.1, 0.15) is 0 Å².